The summed E-state index contributed by atoms with van der Waals surface area (Å²) in [6.07, 6.45) is 0. The lowest BCUT2D eigenvalue weighted by Crippen LogP contribution is -2.13. The molecule has 0 saturated carbocycles. The van der Waals surface area contributed by atoms with Gasteiger partial charge in [-0.1, -0.05) is 12.1 Å². The van der Waals surface area contributed by atoms with Crippen molar-refractivity contribution in [1.29, 1.82) is 0 Å². The van der Waals surface area contributed by atoms with Crippen LogP contribution in [0.5, 0.6) is 5.75 Å². The summed E-state index contributed by atoms with van der Waals surface area (Å²) in [4.78, 5) is 21.8. The zero-order valence-electron chi connectivity index (χ0n) is 9.02. The molecule has 0 aromatic heterocycles. The molecular weight excluding hydrogens is 212 g/mol. The van der Waals surface area contributed by atoms with Gasteiger partial charge in [-0.3, -0.25) is 0 Å². The molecule has 0 aliphatic heterocycles. The molecular formula is C11H12O5. The van der Waals surface area contributed by atoms with Crippen LogP contribution in [0, 0.1) is 6.92 Å². The number of carboxylic acids is 1. The third kappa shape index (κ3) is 2.73. The van der Waals surface area contributed by atoms with Crippen molar-refractivity contribution in [2.24, 2.45) is 0 Å². The molecule has 0 aliphatic carbocycles. The summed E-state index contributed by atoms with van der Waals surface area (Å²) in [5.41, 5.74) is 0.910. The van der Waals surface area contributed by atoms with E-state index in [9.17, 15) is 9.59 Å². The highest BCUT2D eigenvalue weighted by molar-refractivity contribution is 5.93. The van der Waals surface area contributed by atoms with Gasteiger partial charge in [-0.15, -0.1) is 0 Å². The summed E-state index contributed by atoms with van der Waals surface area (Å²) in [6, 6.07) is 4.93. The number of carbonyl (C=O) groups is 2. The van der Waals surface area contributed by atoms with Crippen LogP contribution in [-0.2, 0) is 9.53 Å². The second-order valence-corrected chi connectivity index (χ2v) is 3.13. The number of ether oxygens (including phenoxy) is 2. The van der Waals surface area contributed by atoms with Crippen LogP contribution >= 0.6 is 0 Å². The molecule has 16 heavy (non-hydrogen) atoms. The summed E-state index contributed by atoms with van der Waals surface area (Å²) in [6.45, 7) is 1.23. The van der Waals surface area contributed by atoms with Crippen molar-refractivity contribution < 1.29 is 24.2 Å². The molecule has 86 valence electrons. The van der Waals surface area contributed by atoms with Crippen LogP contribution in [0.1, 0.15) is 15.9 Å². The van der Waals surface area contributed by atoms with Gasteiger partial charge in [-0.2, -0.15) is 0 Å². The van der Waals surface area contributed by atoms with E-state index in [1.807, 2.05) is 0 Å². The lowest BCUT2D eigenvalue weighted by molar-refractivity contribution is -0.139. The van der Waals surface area contributed by atoms with Crippen molar-refractivity contribution in [3.8, 4) is 5.75 Å². The number of hydrogen-bond acceptors (Lipinski definition) is 4. The van der Waals surface area contributed by atoms with E-state index >= 15 is 0 Å². The standard InChI is InChI=1S/C11H12O5/c1-7-4-3-5-8(11(14)15-2)10(7)16-6-9(12)13/h3-5H,6H2,1-2H3,(H,12,13). The number of rotatable bonds is 4. The van der Waals surface area contributed by atoms with Gasteiger partial charge in [0.05, 0.1) is 7.11 Å². The van der Waals surface area contributed by atoms with Crippen LogP contribution in [0.4, 0.5) is 0 Å². The normalized spacial score (nSPS) is 9.62. The predicted octanol–water partition coefficient (Wildman–Crippen LogP) is 1.25. The molecule has 1 N–H and O–H groups in total. The van der Waals surface area contributed by atoms with Crippen LogP contribution in [0.15, 0.2) is 18.2 Å². The Hall–Kier alpha value is -2.04. The number of hydrogen-bond donors (Lipinski definition) is 1. The topological polar surface area (TPSA) is 72.8 Å². The molecule has 5 heteroatoms. The Labute approximate surface area is 92.6 Å². The smallest absolute Gasteiger partial charge is 0.341 e. The number of esters is 1. The van der Waals surface area contributed by atoms with E-state index in [0.717, 1.165) is 0 Å². The molecule has 1 aromatic rings. The Bertz CT molecular complexity index is 411. The highest BCUT2D eigenvalue weighted by atomic mass is 16.5. The number of methoxy groups -OCH3 is 1. The number of benzene rings is 1. The highest BCUT2D eigenvalue weighted by Gasteiger charge is 2.15. The summed E-state index contributed by atoms with van der Waals surface area (Å²) in [5, 5.41) is 8.51. The van der Waals surface area contributed by atoms with E-state index in [2.05, 4.69) is 4.74 Å². The summed E-state index contributed by atoms with van der Waals surface area (Å²) < 4.78 is 9.62. The fraction of sp³-hybridized carbons (Fsp3) is 0.273. The maximum absolute atomic E-state index is 11.4. The first-order valence-corrected chi connectivity index (χ1v) is 4.58. The minimum absolute atomic E-state index is 0.226. The van der Waals surface area contributed by atoms with Gasteiger partial charge in [-0.05, 0) is 18.6 Å². The van der Waals surface area contributed by atoms with E-state index in [4.69, 9.17) is 9.84 Å². The van der Waals surface area contributed by atoms with Gasteiger partial charge in [0.1, 0.15) is 11.3 Å². The third-order valence-corrected chi connectivity index (χ3v) is 1.96. The molecule has 0 atom stereocenters. The molecule has 0 amide bonds. The largest absolute Gasteiger partial charge is 0.481 e. The molecule has 1 aromatic carbocycles. The first kappa shape index (κ1) is 12.0. The number of para-hydroxylation sites is 1. The molecule has 0 unspecified atom stereocenters. The van der Waals surface area contributed by atoms with Crippen molar-refractivity contribution >= 4 is 11.9 Å². The fourth-order valence-electron chi connectivity index (χ4n) is 1.25. The average Bonchev–Trinajstić information content (AvgIpc) is 2.25. The molecule has 0 bridgehead atoms. The molecule has 0 heterocycles. The predicted molar refractivity (Wildman–Crippen MR) is 55.6 cm³/mol. The van der Waals surface area contributed by atoms with Crippen molar-refractivity contribution in [2.45, 2.75) is 6.92 Å². The van der Waals surface area contributed by atoms with Crippen molar-refractivity contribution in [3.63, 3.8) is 0 Å². The zero-order chi connectivity index (χ0) is 12.1. The first-order valence-electron chi connectivity index (χ1n) is 4.58. The number of carboxylic acid groups (broad SMARTS) is 1. The van der Waals surface area contributed by atoms with E-state index in [1.54, 1.807) is 19.1 Å². The van der Waals surface area contributed by atoms with Crippen LogP contribution in [0.3, 0.4) is 0 Å². The Morgan fingerprint density at radius 3 is 2.62 bits per heavy atom. The van der Waals surface area contributed by atoms with E-state index < -0.39 is 18.5 Å². The summed E-state index contributed by atoms with van der Waals surface area (Å²) in [5.74, 6) is -1.40. The van der Waals surface area contributed by atoms with Crippen molar-refractivity contribution in [2.75, 3.05) is 13.7 Å². The minimum Gasteiger partial charge on any atom is -0.481 e. The SMILES string of the molecule is COC(=O)c1cccc(C)c1OCC(=O)O. The number of aryl methyl sites for hydroxylation is 1. The van der Waals surface area contributed by atoms with Gasteiger partial charge in [0.25, 0.3) is 0 Å². The first-order chi connectivity index (χ1) is 7.56. The van der Waals surface area contributed by atoms with Crippen LogP contribution in [0.2, 0.25) is 0 Å². The van der Waals surface area contributed by atoms with Gasteiger partial charge in [0, 0.05) is 0 Å². The highest BCUT2D eigenvalue weighted by Crippen LogP contribution is 2.23. The van der Waals surface area contributed by atoms with Crippen LogP contribution in [-0.4, -0.2) is 30.8 Å². The quantitative estimate of drug-likeness (QED) is 0.779. The minimum atomic E-state index is -1.10. The Kier molecular flexibility index (Phi) is 3.88. The fourth-order valence-corrected chi connectivity index (χ4v) is 1.25. The van der Waals surface area contributed by atoms with Gasteiger partial charge >= 0.3 is 11.9 Å². The second kappa shape index (κ2) is 5.16. The van der Waals surface area contributed by atoms with Crippen LogP contribution < -0.4 is 4.74 Å². The monoisotopic (exact) mass is 224 g/mol. The third-order valence-electron chi connectivity index (χ3n) is 1.96. The van der Waals surface area contributed by atoms with E-state index in [-0.39, 0.29) is 11.3 Å². The number of carbonyl (C=O) groups excluding carboxylic acids is 1. The number of aliphatic carboxylic acids is 1. The maximum Gasteiger partial charge on any atom is 0.341 e. The van der Waals surface area contributed by atoms with Crippen molar-refractivity contribution in [3.05, 3.63) is 29.3 Å². The van der Waals surface area contributed by atoms with E-state index in [1.165, 1.54) is 13.2 Å². The van der Waals surface area contributed by atoms with Gasteiger partial charge in [0.15, 0.2) is 6.61 Å². The van der Waals surface area contributed by atoms with Crippen LogP contribution in [0.25, 0.3) is 0 Å². The Balaban J connectivity index is 3.03. The van der Waals surface area contributed by atoms with Gasteiger partial charge in [0.2, 0.25) is 0 Å². The summed E-state index contributed by atoms with van der Waals surface area (Å²) in [7, 11) is 1.26. The molecule has 0 spiro atoms. The summed E-state index contributed by atoms with van der Waals surface area (Å²) >= 11 is 0. The van der Waals surface area contributed by atoms with Gasteiger partial charge < -0.3 is 14.6 Å². The van der Waals surface area contributed by atoms with E-state index in [0.29, 0.717) is 5.56 Å². The maximum atomic E-state index is 11.4. The molecule has 0 saturated heterocycles. The lowest BCUT2D eigenvalue weighted by atomic mass is 10.1. The van der Waals surface area contributed by atoms with Crippen molar-refractivity contribution in [1.82, 2.24) is 0 Å². The lowest BCUT2D eigenvalue weighted by Gasteiger charge is -2.10. The molecule has 0 fully saturated rings. The molecule has 0 aliphatic rings. The molecule has 0 radical (unpaired) electrons. The Morgan fingerprint density at radius 2 is 2.06 bits per heavy atom. The molecule has 1 rings (SSSR count). The molecule has 5 nitrogen and oxygen atoms in total. The second-order valence-electron chi connectivity index (χ2n) is 3.13. The average molecular weight is 224 g/mol. The van der Waals surface area contributed by atoms with Gasteiger partial charge in [-0.25, -0.2) is 9.59 Å². The Morgan fingerprint density at radius 1 is 1.38 bits per heavy atom. The zero-order valence-corrected chi connectivity index (χ0v) is 9.02.